The maximum atomic E-state index is 9.41. The van der Waals surface area contributed by atoms with E-state index >= 15 is 0 Å². The summed E-state index contributed by atoms with van der Waals surface area (Å²) >= 11 is 0. The van der Waals surface area contributed by atoms with Gasteiger partial charge < -0.3 is 13.0 Å². The Morgan fingerprint density at radius 1 is 1.60 bits per heavy atom. The molecule has 0 atom stereocenters. The van der Waals surface area contributed by atoms with Gasteiger partial charge in [0.25, 0.3) is 0 Å². The highest BCUT2D eigenvalue weighted by atomic mass is 28.4. The van der Waals surface area contributed by atoms with Gasteiger partial charge in [0.15, 0.2) is 8.32 Å². The summed E-state index contributed by atoms with van der Waals surface area (Å²) in [6.45, 7) is 3.84. The van der Waals surface area contributed by atoms with Crippen molar-refractivity contribution >= 4 is 32.9 Å². The van der Waals surface area contributed by atoms with E-state index in [9.17, 15) is 4.80 Å². The van der Waals surface area contributed by atoms with E-state index < -0.39 is 27.2 Å². The lowest BCUT2D eigenvalue weighted by molar-refractivity contribution is 0.339. The molecule has 6 heteroatoms. The van der Waals surface area contributed by atoms with Gasteiger partial charge in [-0.2, -0.15) is 0 Å². The fourth-order valence-corrected chi connectivity index (χ4v) is 5.20. The van der Waals surface area contributed by atoms with Crippen molar-refractivity contribution in [2.45, 2.75) is 19.1 Å². The second-order valence-electron chi connectivity index (χ2n) is 2.95. The Labute approximate surface area is 65.6 Å². The molecular formula is C4H12O3Si3. The van der Waals surface area contributed by atoms with Crippen LogP contribution in [0.5, 0.6) is 0 Å². The number of rotatable bonds is 2. The van der Waals surface area contributed by atoms with Crippen molar-refractivity contribution in [1.82, 2.24) is 0 Å². The minimum atomic E-state index is -1.88. The van der Waals surface area contributed by atoms with Crippen LogP contribution in [-0.2, 0) is 8.23 Å². The molecule has 1 aliphatic rings. The molecule has 0 saturated carbocycles. The molecule has 3 nitrogen and oxygen atoms in total. The van der Waals surface area contributed by atoms with E-state index in [1.54, 1.807) is 0 Å². The van der Waals surface area contributed by atoms with Crippen molar-refractivity contribution in [3.05, 3.63) is 0 Å². The van der Waals surface area contributed by atoms with Crippen molar-refractivity contribution in [1.29, 1.82) is 0 Å². The fourth-order valence-electron chi connectivity index (χ4n) is 0.578. The normalized spacial score (nSPS) is 19.3. The van der Waals surface area contributed by atoms with Gasteiger partial charge in [0.1, 0.15) is 0 Å². The molecule has 1 aliphatic heterocycles. The first-order chi connectivity index (χ1) is 4.58. The molecule has 0 amide bonds. The first-order valence-electron chi connectivity index (χ1n) is 3.26. The van der Waals surface area contributed by atoms with E-state index in [4.69, 9.17) is 8.23 Å². The second kappa shape index (κ2) is 2.99. The summed E-state index contributed by atoms with van der Waals surface area (Å²) in [6.07, 6.45) is 0. The Morgan fingerprint density at radius 2 is 2.20 bits per heavy atom. The van der Waals surface area contributed by atoms with E-state index in [2.05, 4.69) is 0 Å². The molecule has 0 unspecified atom stereocenters. The van der Waals surface area contributed by atoms with Crippen molar-refractivity contribution in [2.75, 3.05) is 0 Å². The summed E-state index contributed by atoms with van der Waals surface area (Å²) in [5.41, 5.74) is 2.02. The number of hydrogen-bond acceptors (Lipinski definition) is 3. The number of hydrogen-bond donors (Lipinski definition) is 1. The molecule has 1 rings (SSSR count). The lowest BCUT2D eigenvalue weighted by Crippen LogP contribution is -2.36. The summed E-state index contributed by atoms with van der Waals surface area (Å²) in [6, 6.07) is 0.801. The molecule has 0 aromatic rings. The summed E-state index contributed by atoms with van der Waals surface area (Å²) in [5, 5.41) is 0. The molecule has 1 heterocycles. The van der Waals surface area contributed by atoms with Crippen molar-refractivity contribution in [3.63, 3.8) is 0 Å². The van der Waals surface area contributed by atoms with Crippen LogP contribution in [0.15, 0.2) is 0 Å². The van der Waals surface area contributed by atoms with Gasteiger partial charge in [0.2, 0.25) is 0 Å². The average Bonchev–Trinajstić information content (AvgIpc) is 1.56. The topological polar surface area (TPSA) is 38.7 Å². The maximum Gasteiger partial charge on any atom is 0.448 e. The predicted octanol–water partition coefficient (Wildman–Crippen LogP) is -0.899. The standard InChI is InChI=1S/C4H12O3Si3/c1-10(2,5)4-3-9-6-8-7-9/h3,5H,4,8H2,1-2H3. The monoisotopic (exact) mass is 192 g/mol. The molecule has 0 bridgehead atoms. The Bertz CT molecular complexity index is 144. The van der Waals surface area contributed by atoms with Gasteiger partial charge in [0.05, 0.1) is 0 Å². The lowest BCUT2D eigenvalue weighted by atomic mass is 11.0. The third-order valence-electron chi connectivity index (χ3n) is 1.17. The van der Waals surface area contributed by atoms with E-state index in [1.165, 1.54) is 0 Å². The minimum Gasteiger partial charge on any atom is -0.556 e. The van der Waals surface area contributed by atoms with Gasteiger partial charge in [-0.15, -0.1) is 0 Å². The van der Waals surface area contributed by atoms with Gasteiger partial charge in [0, 0.05) is 0 Å². The SMILES string of the molecule is C[Si](C)(O)CC=[Si]1O[SiH2]O1. The summed E-state index contributed by atoms with van der Waals surface area (Å²) in [5.74, 6) is 0. The summed E-state index contributed by atoms with van der Waals surface area (Å²) in [4.78, 5) is 9.41. The zero-order valence-electron chi connectivity index (χ0n) is 6.26. The van der Waals surface area contributed by atoms with Crippen molar-refractivity contribution in [2.24, 2.45) is 0 Å². The van der Waals surface area contributed by atoms with Crippen LogP contribution in [0.1, 0.15) is 0 Å². The molecule has 0 aromatic heterocycles. The highest BCUT2D eigenvalue weighted by Gasteiger charge is 2.19. The largest absolute Gasteiger partial charge is 0.556 e. The summed E-state index contributed by atoms with van der Waals surface area (Å²) < 4.78 is 10.4. The molecule has 0 aromatic carbocycles. The molecule has 1 N–H and O–H groups in total. The molecule has 0 spiro atoms. The van der Waals surface area contributed by atoms with Gasteiger partial charge in [-0.3, -0.25) is 0 Å². The fraction of sp³-hybridized carbons (Fsp3) is 0.750. The Morgan fingerprint density at radius 3 is 2.50 bits per heavy atom. The highest BCUT2D eigenvalue weighted by Crippen LogP contribution is 2.02. The zero-order valence-corrected chi connectivity index (χ0v) is 9.67. The van der Waals surface area contributed by atoms with Crippen LogP contribution in [0.4, 0.5) is 0 Å². The van der Waals surface area contributed by atoms with Crippen LogP contribution < -0.4 is 0 Å². The molecule has 0 radical (unpaired) electrons. The van der Waals surface area contributed by atoms with Crippen LogP contribution in [0.3, 0.4) is 0 Å². The van der Waals surface area contributed by atoms with E-state index in [1.807, 2.05) is 18.8 Å². The predicted molar refractivity (Wildman–Crippen MR) is 47.0 cm³/mol. The lowest BCUT2D eigenvalue weighted by Gasteiger charge is -2.21. The van der Waals surface area contributed by atoms with E-state index in [0.717, 1.165) is 6.04 Å². The van der Waals surface area contributed by atoms with Crippen LogP contribution >= 0.6 is 0 Å². The van der Waals surface area contributed by atoms with E-state index in [0.29, 0.717) is 0 Å². The Kier molecular flexibility index (Phi) is 2.45. The van der Waals surface area contributed by atoms with Crippen molar-refractivity contribution < 1.29 is 13.0 Å². The van der Waals surface area contributed by atoms with Gasteiger partial charge in [-0.1, -0.05) is 0 Å². The third kappa shape index (κ3) is 2.78. The molecule has 0 aliphatic carbocycles. The molecule has 58 valence electrons. The zero-order chi connectivity index (χ0) is 7.61. The minimum absolute atomic E-state index is 0.559. The quantitative estimate of drug-likeness (QED) is 0.577. The Balaban J connectivity index is 2.26. The van der Waals surface area contributed by atoms with Gasteiger partial charge >= 0.3 is 18.9 Å². The summed E-state index contributed by atoms with van der Waals surface area (Å²) in [7, 11) is -3.41. The van der Waals surface area contributed by atoms with Crippen molar-refractivity contribution in [3.8, 4) is 0 Å². The first kappa shape index (κ1) is 8.18. The van der Waals surface area contributed by atoms with Crippen LogP contribution in [0.2, 0.25) is 19.1 Å². The second-order valence-corrected chi connectivity index (χ2v) is 10.6. The molecule has 1 saturated heterocycles. The molecular weight excluding hydrogens is 180 g/mol. The van der Waals surface area contributed by atoms with Gasteiger partial charge in [-0.05, 0) is 24.8 Å². The maximum absolute atomic E-state index is 9.41. The average molecular weight is 192 g/mol. The third-order valence-corrected chi connectivity index (χ3v) is 6.54. The smallest absolute Gasteiger partial charge is 0.448 e. The van der Waals surface area contributed by atoms with E-state index in [-0.39, 0.29) is 0 Å². The van der Waals surface area contributed by atoms with Crippen LogP contribution in [0, 0.1) is 0 Å². The van der Waals surface area contributed by atoms with Crippen LogP contribution in [-0.4, -0.2) is 37.7 Å². The van der Waals surface area contributed by atoms with Crippen LogP contribution in [0.25, 0.3) is 0 Å². The Hall–Kier alpha value is 0.0806. The van der Waals surface area contributed by atoms with Gasteiger partial charge in [-0.25, -0.2) is 0 Å². The highest BCUT2D eigenvalue weighted by molar-refractivity contribution is 6.78. The first-order valence-corrected chi connectivity index (χ1v) is 8.96. The molecule has 1 fully saturated rings. The molecule has 10 heavy (non-hydrogen) atoms.